The largest absolute Gasteiger partial charge is 0.493 e. The van der Waals surface area contributed by atoms with Crippen molar-refractivity contribution >= 4 is 5.70 Å². The van der Waals surface area contributed by atoms with Crippen LogP contribution in [0.5, 0.6) is 17.2 Å². The second-order valence-electron chi connectivity index (χ2n) is 7.72. The summed E-state index contributed by atoms with van der Waals surface area (Å²) in [6.07, 6.45) is 8.05. The van der Waals surface area contributed by atoms with Crippen molar-refractivity contribution in [2.24, 2.45) is 0 Å². The Bertz CT molecular complexity index is 918. The Hall–Kier alpha value is -2.66. The van der Waals surface area contributed by atoms with Gasteiger partial charge >= 0.3 is 0 Å². The smallest absolute Gasteiger partial charge is 0.180 e. The van der Waals surface area contributed by atoms with Crippen molar-refractivity contribution in [1.29, 1.82) is 0 Å². The molecule has 2 aromatic rings. The van der Waals surface area contributed by atoms with Crippen molar-refractivity contribution in [2.45, 2.75) is 43.9 Å². The molecule has 3 aliphatic rings. The molecule has 0 unspecified atom stereocenters. The van der Waals surface area contributed by atoms with E-state index in [1.54, 1.807) is 14.2 Å². The van der Waals surface area contributed by atoms with Gasteiger partial charge in [0.2, 0.25) is 0 Å². The van der Waals surface area contributed by atoms with Crippen LogP contribution in [-0.2, 0) is 0 Å². The molecule has 0 saturated heterocycles. The molecule has 28 heavy (non-hydrogen) atoms. The molecular weight excluding hydrogens is 352 g/mol. The molecule has 1 N–H and O–H groups in total. The Morgan fingerprint density at radius 2 is 1.79 bits per heavy atom. The van der Waals surface area contributed by atoms with E-state index in [2.05, 4.69) is 46.8 Å². The molecule has 5 nitrogen and oxygen atoms in total. The van der Waals surface area contributed by atoms with Gasteiger partial charge in [0.1, 0.15) is 5.75 Å². The first kappa shape index (κ1) is 17.4. The van der Waals surface area contributed by atoms with E-state index < -0.39 is 0 Å². The normalized spacial score (nSPS) is 22.5. The van der Waals surface area contributed by atoms with Gasteiger partial charge in [-0.25, -0.2) is 0 Å². The van der Waals surface area contributed by atoms with E-state index in [1.807, 2.05) is 12.1 Å². The summed E-state index contributed by atoms with van der Waals surface area (Å²) in [5, 5.41) is 2.33. The molecule has 0 bridgehead atoms. The maximum atomic E-state index is 6.63. The van der Waals surface area contributed by atoms with Crippen LogP contribution in [0.3, 0.4) is 0 Å². The highest BCUT2D eigenvalue weighted by Crippen LogP contribution is 2.49. The number of nitrogens with one attached hydrogen (secondary N) is 1. The zero-order chi connectivity index (χ0) is 19.1. The van der Waals surface area contributed by atoms with Crippen LogP contribution >= 0.6 is 0 Å². The molecule has 1 aliphatic carbocycles. The van der Waals surface area contributed by atoms with Crippen LogP contribution in [-0.4, -0.2) is 25.0 Å². The van der Waals surface area contributed by atoms with Crippen LogP contribution in [0.25, 0.3) is 5.70 Å². The van der Waals surface area contributed by atoms with Crippen LogP contribution < -0.4 is 19.6 Å². The number of para-hydroxylation sites is 1. The monoisotopic (exact) mass is 378 g/mol. The van der Waals surface area contributed by atoms with Gasteiger partial charge in [-0.3, -0.25) is 0 Å². The van der Waals surface area contributed by atoms with Crippen LogP contribution in [0.2, 0.25) is 0 Å². The number of ether oxygens (including phenoxy) is 3. The first-order chi connectivity index (χ1) is 13.7. The second kappa shape index (κ2) is 6.74. The summed E-state index contributed by atoms with van der Waals surface area (Å²) in [5.74, 6) is 2.48. The minimum Gasteiger partial charge on any atom is -0.493 e. The van der Waals surface area contributed by atoms with E-state index >= 15 is 0 Å². The minimum atomic E-state index is -0.286. The highest BCUT2D eigenvalue weighted by Gasteiger charge is 2.50. The number of hydrogen-bond acceptors (Lipinski definition) is 5. The fourth-order valence-corrected chi connectivity index (χ4v) is 4.74. The molecule has 2 heterocycles. The fourth-order valence-electron chi connectivity index (χ4n) is 4.74. The molecule has 146 valence electrons. The second-order valence-corrected chi connectivity index (χ2v) is 7.72. The molecule has 0 amide bonds. The lowest BCUT2D eigenvalue weighted by Gasteiger charge is -2.50. The molecule has 1 fully saturated rings. The minimum absolute atomic E-state index is 0.158. The quantitative estimate of drug-likeness (QED) is 0.841. The predicted octanol–water partition coefficient (Wildman–Crippen LogP) is 4.66. The van der Waals surface area contributed by atoms with E-state index in [4.69, 9.17) is 14.2 Å². The van der Waals surface area contributed by atoms with Gasteiger partial charge in [-0.05, 0) is 43.2 Å². The zero-order valence-corrected chi connectivity index (χ0v) is 16.4. The van der Waals surface area contributed by atoms with Gasteiger partial charge in [0.05, 0.1) is 26.0 Å². The lowest BCUT2D eigenvalue weighted by molar-refractivity contribution is -0.150. The van der Waals surface area contributed by atoms with E-state index in [9.17, 15) is 0 Å². The van der Waals surface area contributed by atoms with Gasteiger partial charge in [0, 0.05) is 24.0 Å². The summed E-state index contributed by atoms with van der Waals surface area (Å²) in [6, 6.07) is 14.6. The van der Waals surface area contributed by atoms with Crippen LogP contribution in [0.1, 0.15) is 49.3 Å². The fraction of sp³-hybridized carbons (Fsp3) is 0.391. The molecule has 1 spiro atoms. The lowest BCUT2D eigenvalue weighted by Crippen LogP contribution is -2.60. The molecule has 2 aromatic carbocycles. The topological polar surface area (TPSA) is 43.0 Å². The van der Waals surface area contributed by atoms with Crippen LogP contribution in [0.15, 0.2) is 48.5 Å². The van der Waals surface area contributed by atoms with Crippen molar-refractivity contribution in [2.75, 3.05) is 14.2 Å². The van der Waals surface area contributed by atoms with Crippen LogP contribution in [0.4, 0.5) is 0 Å². The third-order valence-corrected chi connectivity index (χ3v) is 6.15. The summed E-state index contributed by atoms with van der Waals surface area (Å²) in [7, 11) is 3.33. The Morgan fingerprint density at radius 1 is 1.00 bits per heavy atom. The number of fused-ring (bicyclic) bond motifs is 4. The first-order valence-electron chi connectivity index (χ1n) is 10.0. The van der Waals surface area contributed by atoms with Gasteiger partial charge in [0.15, 0.2) is 17.2 Å². The van der Waals surface area contributed by atoms with E-state index in [0.717, 1.165) is 41.4 Å². The molecule has 1 saturated carbocycles. The standard InChI is InChI=1S/C23H26N2O3/c1-26-21-11-10-16(14-22(21)27-2)18-15-19-17-8-4-5-9-20(17)28-23(25(19)24-18)12-6-3-7-13-23/h4-5,8-11,14-15,19,24H,3,6-7,12-13H2,1-2H3/t19-/m1/s1. The molecule has 5 heteroatoms. The molecule has 2 aliphatic heterocycles. The Balaban J connectivity index is 1.56. The van der Waals surface area contributed by atoms with Crippen molar-refractivity contribution in [3.63, 3.8) is 0 Å². The zero-order valence-electron chi connectivity index (χ0n) is 16.4. The van der Waals surface area contributed by atoms with E-state index in [1.165, 1.54) is 24.8 Å². The molecule has 0 aromatic heterocycles. The van der Waals surface area contributed by atoms with Crippen LogP contribution in [0, 0.1) is 0 Å². The van der Waals surface area contributed by atoms with Gasteiger partial charge in [-0.15, -0.1) is 0 Å². The first-order valence-corrected chi connectivity index (χ1v) is 10.0. The molecule has 1 atom stereocenters. The summed E-state index contributed by atoms with van der Waals surface area (Å²) in [4.78, 5) is 0. The third kappa shape index (κ3) is 2.65. The number of hydrazine groups is 1. The Labute approximate surface area is 165 Å². The Kier molecular flexibility index (Phi) is 4.20. The summed E-state index contributed by atoms with van der Waals surface area (Å²) >= 11 is 0. The average molecular weight is 378 g/mol. The maximum Gasteiger partial charge on any atom is 0.180 e. The number of rotatable bonds is 3. The van der Waals surface area contributed by atoms with Gasteiger partial charge in [-0.2, -0.15) is 5.01 Å². The van der Waals surface area contributed by atoms with Crippen molar-refractivity contribution in [3.05, 3.63) is 59.7 Å². The molecular formula is C23H26N2O3. The SMILES string of the molecule is COc1ccc(C2=C[C@@H]3c4ccccc4OC4(CCCCC4)N3N2)cc1OC. The van der Waals surface area contributed by atoms with Gasteiger partial charge < -0.3 is 19.6 Å². The number of benzene rings is 2. The molecule has 5 rings (SSSR count). The van der Waals surface area contributed by atoms with Crippen molar-refractivity contribution < 1.29 is 14.2 Å². The lowest BCUT2D eigenvalue weighted by atomic mass is 9.87. The predicted molar refractivity (Wildman–Crippen MR) is 108 cm³/mol. The number of methoxy groups -OCH3 is 2. The third-order valence-electron chi connectivity index (χ3n) is 6.15. The average Bonchev–Trinajstić information content (AvgIpc) is 3.21. The number of hydrogen-bond donors (Lipinski definition) is 1. The number of nitrogens with zero attached hydrogens (tertiary/aromatic N) is 1. The van der Waals surface area contributed by atoms with Gasteiger partial charge in [-0.1, -0.05) is 24.6 Å². The Morgan fingerprint density at radius 3 is 2.57 bits per heavy atom. The summed E-state index contributed by atoms with van der Waals surface area (Å²) in [5.41, 5.74) is 6.76. The van der Waals surface area contributed by atoms with E-state index in [0.29, 0.717) is 0 Å². The van der Waals surface area contributed by atoms with Gasteiger partial charge in [0.25, 0.3) is 0 Å². The highest BCUT2D eigenvalue weighted by atomic mass is 16.5. The highest BCUT2D eigenvalue weighted by molar-refractivity contribution is 5.69. The van der Waals surface area contributed by atoms with E-state index in [-0.39, 0.29) is 11.8 Å². The maximum absolute atomic E-state index is 6.63. The van der Waals surface area contributed by atoms with Crippen molar-refractivity contribution in [3.8, 4) is 17.2 Å². The summed E-state index contributed by atoms with van der Waals surface area (Å²) in [6.45, 7) is 0. The molecule has 0 radical (unpaired) electrons. The summed E-state index contributed by atoms with van der Waals surface area (Å²) < 4.78 is 17.5. The van der Waals surface area contributed by atoms with Crippen molar-refractivity contribution in [1.82, 2.24) is 10.4 Å².